The van der Waals surface area contributed by atoms with Crippen LogP contribution in [-0.2, 0) is 16.6 Å². The summed E-state index contributed by atoms with van der Waals surface area (Å²) in [5.74, 6) is 3.38. The van der Waals surface area contributed by atoms with E-state index >= 15 is 0 Å². The molecular formula is C36H56N4O. The number of H-pyrrole nitrogens is 1. The Balaban J connectivity index is 1.22. The van der Waals surface area contributed by atoms with Crippen molar-refractivity contribution in [3.63, 3.8) is 0 Å². The van der Waals surface area contributed by atoms with Gasteiger partial charge in [0.25, 0.3) is 0 Å². The van der Waals surface area contributed by atoms with Gasteiger partial charge >= 0.3 is 0 Å². The molecule has 7 rings (SSSR count). The van der Waals surface area contributed by atoms with Gasteiger partial charge in [0.05, 0.1) is 12.7 Å². The number of rotatable bonds is 4. The maximum Gasteiger partial charge on any atom is 0.234 e. The second-order valence-corrected chi connectivity index (χ2v) is 17.0. The fourth-order valence-electron chi connectivity index (χ4n) is 13.2. The molecular weight excluding hydrogens is 504 g/mol. The minimum absolute atomic E-state index is 0.0482. The van der Waals surface area contributed by atoms with E-state index in [-0.39, 0.29) is 22.3 Å². The number of carbonyl (C=O) groups is 1. The van der Waals surface area contributed by atoms with E-state index in [2.05, 4.69) is 74.7 Å². The molecule has 9 atom stereocenters. The lowest BCUT2D eigenvalue weighted by molar-refractivity contribution is -0.219. The highest BCUT2D eigenvalue weighted by Gasteiger charge is 2.71. The lowest BCUT2D eigenvalue weighted by Gasteiger charge is -2.72. The Labute approximate surface area is 249 Å². The van der Waals surface area contributed by atoms with E-state index in [0.29, 0.717) is 41.0 Å². The molecule has 5 aliphatic carbocycles. The van der Waals surface area contributed by atoms with Gasteiger partial charge in [-0.25, -0.2) is 0 Å². The molecule has 0 spiro atoms. The number of aromatic nitrogens is 2. The van der Waals surface area contributed by atoms with Crippen molar-refractivity contribution >= 4 is 5.91 Å². The Morgan fingerprint density at radius 3 is 2.49 bits per heavy atom. The van der Waals surface area contributed by atoms with Crippen LogP contribution in [-0.4, -0.2) is 46.2 Å². The van der Waals surface area contributed by atoms with E-state index < -0.39 is 0 Å². The first-order valence-corrected chi connectivity index (χ1v) is 17.1. The fourth-order valence-corrected chi connectivity index (χ4v) is 13.2. The Morgan fingerprint density at radius 2 is 1.76 bits per heavy atom. The van der Waals surface area contributed by atoms with Crippen LogP contribution < -0.4 is 5.32 Å². The first kappa shape index (κ1) is 28.2. The van der Waals surface area contributed by atoms with Crippen molar-refractivity contribution in [1.82, 2.24) is 20.4 Å². The molecule has 0 unspecified atom stereocenters. The van der Waals surface area contributed by atoms with Gasteiger partial charge in [-0.05, 0) is 142 Å². The summed E-state index contributed by atoms with van der Waals surface area (Å²) in [4.78, 5) is 15.9. The summed E-state index contributed by atoms with van der Waals surface area (Å²) in [7, 11) is 0. The van der Waals surface area contributed by atoms with Crippen molar-refractivity contribution in [1.29, 1.82) is 0 Å². The average Bonchev–Trinajstić information content (AvgIpc) is 3.65. The summed E-state index contributed by atoms with van der Waals surface area (Å²) in [5.41, 5.74) is 5.19. The molecule has 5 heteroatoms. The largest absolute Gasteiger partial charge is 0.349 e. The molecule has 1 aromatic rings. The topological polar surface area (TPSA) is 61.0 Å². The molecule has 2 N–H and O–H groups in total. The number of fused-ring (bicyclic) bond motifs is 8. The number of aromatic amines is 1. The van der Waals surface area contributed by atoms with Crippen molar-refractivity contribution < 1.29 is 4.79 Å². The van der Waals surface area contributed by atoms with Crippen LogP contribution in [0.2, 0.25) is 0 Å². The van der Waals surface area contributed by atoms with Crippen LogP contribution in [0.4, 0.5) is 0 Å². The highest BCUT2D eigenvalue weighted by molar-refractivity contribution is 5.79. The van der Waals surface area contributed by atoms with Crippen LogP contribution in [0.1, 0.15) is 117 Å². The number of amides is 1. The minimum Gasteiger partial charge on any atom is -0.349 e. The molecule has 5 fully saturated rings. The maximum absolute atomic E-state index is 13.6. The molecule has 4 saturated carbocycles. The summed E-state index contributed by atoms with van der Waals surface area (Å²) < 4.78 is 0. The molecule has 6 aliphatic rings. The highest BCUT2D eigenvalue weighted by Crippen LogP contribution is 2.76. The lowest BCUT2D eigenvalue weighted by atomic mass is 9.33. The van der Waals surface area contributed by atoms with E-state index in [0.717, 1.165) is 31.8 Å². The van der Waals surface area contributed by atoms with Gasteiger partial charge in [-0.15, -0.1) is 0 Å². The molecule has 5 nitrogen and oxygen atoms in total. The predicted octanol–water partition coefficient (Wildman–Crippen LogP) is 7.05. The molecule has 226 valence electrons. The molecule has 0 radical (unpaired) electrons. The van der Waals surface area contributed by atoms with Crippen molar-refractivity contribution in [2.45, 2.75) is 123 Å². The Kier molecular flexibility index (Phi) is 6.32. The number of likely N-dealkylation sites (tertiary alicyclic amines) is 1. The molecule has 0 bridgehead atoms. The van der Waals surface area contributed by atoms with Gasteiger partial charge in [-0.1, -0.05) is 46.8 Å². The van der Waals surface area contributed by atoms with Gasteiger partial charge in [0.15, 0.2) is 0 Å². The van der Waals surface area contributed by atoms with Crippen LogP contribution in [0, 0.1) is 45.8 Å². The first-order valence-electron chi connectivity index (χ1n) is 17.1. The van der Waals surface area contributed by atoms with E-state index in [1.54, 1.807) is 0 Å². The monoisotopic (exact) mass is 560 g/mol. The van der Waals surface area contributed by atoms with Crippen LogP contribution in [0.15, 0.2) is 18.3 Å². The average molecular weight is 561 g/mol. The number of carbonyl (C=O) groups excluding carboxylic acids is 1. The zero-order valence-electron chi connectivity index (χ0n) is 26.9. The molecule has 41 heavy (non-hydrogen) atoms. The van der Waals surface area contributed by atoms with Crippen LogP contribution in [0.25, 0.3) is 0 Å². The van der Waals surface area contributed by atoms with Gasteiger partial charge in [0.1, 0.15) is 0 Å². The lowest BCUT2D eigenvalue weighted by Crippen LogP contribution is -2.69. The number of hydrogen-bond acceptors (Lipinski definition) is 3. The fraction of sp³-hybridized carbons (Fsp3) is 0.833. The van der Waals surface area contributed by atoms with E-state index in [1.165, 1.54) is 74.6 Å². The zero-order chi connectivity index (χ0) is 29.0. The van der Waals surface area contributed by atoms with Crippen molar-refractivity contribution in [2.75, 3.05) is 19.6 Å². The molecule has 1 aliphatic heterocycles. The standard InChI is InChI=1S/C36H56N4O/c1-23(2)25-12-15-36(38-29(41)22-40-18-8-9-19-40)17-16-34(6)26(30(25)36)10-11-28-33(5)20-24-21-37-39-31(24)32(3,4)27(33)13-14-35(28,34)7/h21,25-28,30H,1,8-20,22H2,2-7H3,(H,37,39)(H,38,41)/t25-,26+,27-,28+,30+,33-,34+,35+,36-/m0/s1. The SMILES string of the molecule is C=C(C)[C@@H]1CC[C@]2(NC(=O)CN3CCCC3)CC[C@]3(C)[C@H](CC[C@@H]4[C@@]5(C)Cc6cn[nH]c6C(C)(C)[C@@H]5CC[C@]43C)[C@@H]12. The van der Waals surface area contributed by atoms with Crippen LogP contribution >= 0.6 is 0 Å². The molecule has 2 heterocycles. The third-order valence-electron chi connectivity index (χ3n) is 15.1. The normalized spacial score (nSPS) is 46.5. The predicted molar refractivity (Wildman–Crippen MR) is 165 cm³/mol. The minimum atomic E-state index is -0.0482. The molecule has 1 aromatic heterocycles. The zero-order valence-corrected chi connectivity index (χ0v) is 26.9. The van der Waals surface area contributed by atoms with Gasteiger partial charge in [-0.3, -0.25) is 14.8 Å². The third-order valence-corrected chi connectivity index (χ3v) is 15.1. The van der Waals surface area contributed by atoms with Gasteiger partial charge in [0, 0.05) is 16.6 Å². The number of allylic oxidation sites excluding steroid dienone is 1. The third kappa shape index (κ3) is 3.75. The summed E-state index contributed by atoms with van der Waals surface area (Å²) in [5, 5.41) is 11.7. The van der Waals surface area contributed by atoms with E-state index in [4.69, 9.17) is 0 Å². The van der Waals surface area contributed by atoms with Gasteiger partial charge < -0.3 is 5.32 Å². The molecule has 0 aromatic carbocycles. The summed E-state index contributed by atoms with van der Waals surface area (Å²) in [6, 6.07) is 0. The van der Waals surface area contributed by atoms with E-state index in [9.17, 15) is 4.79 Å². The smallest absolute Gasteiger partial charge is 0.234 e. The first-order chi connectivity index (χ1) is 19.4. The maximum atomic E-state index is 13.6. The van der Waals surface area contributed by atoms with Gasteiger partial charge in [0.2, 0.25) is 5.91 Å². The summed E-state index contributed by atoms with van der Waals surface area (Å²) >= 11 is 0. The Bertz CT molecular complexity index is 1230. The molecule has 1 amide bonds. The van der Waals surface area contributed by atoms with Gasteiger partial charge in [-0.2, -0.15) is 5.10 Å². The van der Waals surface area contributed by atoms with E-state index in [1.807, 2.05) is 0 Å². The summed E-state index contributed by atoms with van der Waals surface area (Å²) in [6.45, 7) is 22.6. The quantitative estimate of drug-likeness (QED) is 0.388. The van der Waals surface area contributed by atoms with Crippen molar-refractivity contribution in [2.24, 2.45) is 45.8 Å². The number of nitrogens with one attached hydrogen (secondary N) is 2. The second kappa shape index (κ2) is 9.19. The Morgan fingerprint density at radius 1 is 1.00 bits per heavy atom. The molecule has 1 saturated heterocycles. The van der Waals surface area contributed by atoms with Crippen LogP contribution in [0.5, 0.6) is 0 Å². The van der Waals surface area contributed by atoms with Crippen molar-refractivity contribution in [3.8, 4) is 0 Å². The van der Waals surface area contributed by atoms with Crippen LogP contribution in [0.3, 0.4) is 0 Å². The summed E-state index contributed by atoms with van der Waals surface area (Å²) in [6.07, 6.45) is 15.7. The number of nitrogens with zero attached hydrogens (tertiary/aromatic N) is 2. The second-order valence-electron chi connectivity index (χ2n) is 17.0. The van der Waals surface area contributed by atoms with Crippen molar-refractivity contribution in [3.05, 3.63) is 29.6 Å². The highest BCUT2D eigenvalue weighted by atomic mass is 16.2. The Hall–Kier alpha value is -1.62. The number of hydrogen-bond donors (Lipinski definition) is 2.